The van der Waals surface area contributed by atoms with Gasteiger partial charge in [0, 0.05) is 32.6 Å². The summed E-state index contributed by atoms with van der Waals surface area (Å²) < 4.78 is 9.47. The number of hydrogen-bond acceptors (Lipinski definition) is 8. The summed E-state index contributed by atoms with van der Waals surface area (Å²) in [5, 5.41) is 17.0. The Morgan fingerprint density at radius 1 is 0.537 bits per heavy atom. The van der Waals surface area contributed by atoms with Crippen LogP contribution in [0.3, 0.4) is 0 Å². The lowest BCUT2D eigenvalue weighted by Crippen LogP contribution is -2.49. The number of unbranched alkanes of at least 4 members (excludes halogenated alkanes) is 6. The van der Waals surface area contributed by atoms with Crippen LogP contribution < -0.4 is 37.2 Å². The van der Waals surface area contributed by atoms with Crippen LogP contribution in [-0.4, -0.2) is 82.6 Å². The molecule has 15 nitrogen and oxygen atoms in total. The van der Waals surface area contributed by atoms with Crippen molar-refractivity contribution in [2.75, 3.05) is 46.4 Å². The maximum atomic E-state index is 11.8. The van der Waals surface area contributed by atoms with Crippen molar-refractivity contribution in [3.63, 3.8) is 0 Å². The van der Waals surface area contributed by atoms with Gasteiger partial charge < -0.3 is 36.1 Å². The molecule has 0 heterocycles. The van der Waals surface area contributed by atoms with Crippen LogP contribution in [0.4, 0.5) is 24.0 Å². The molecule has 0 aromatic rings. The molecule has 0 fully saturated rings. The lowest BCUT2D eigenvalue weighted by atomic mass is 9.92. The number of nitrogens with one attached hydrogen (secondary N) is 7. The summed E-state index contributed by atoms with van der Waals surface area (Å²) in [7, 11) is 1.30. The molecular weight excluding hydrogens is 538 g/mol. The van der Waals surface area contributed by atoms with Gasteiger partial charge >= 0.3 is 30.3 Å². The fraction of sp³-hybridized carbons (Fsp3) is 0.769. The fourth-order valence-corrected chi connectivity index (χ4v) is 3.32. The van der Waals surface area contributed by atoms with Gasteiger partial charge in [-0.05, 0) is 31.1 Å². The van der Waals surface area contributed by atoms with E-state index in [1.807, 2.05) is 31.4 Å². The predicted octanol–water partition coefficient (Wildman–Crippen LogP) is 2.46. The average Bonchev–Trinajstić information content (AvgIpc) is 2.88. The van der Waals surface area contributed by atoms with Gasteiger partial charge in [0.15, 0.2) is 0 Å². The minimum absolute atomic E-state index is 0.0809. The third kappa shape index (κ3) is 26.2. The third-order valence-electron chi connectivity index (χ3n) is 5.30. The van der Waals surface area contributed by atoms with Crippen molar-refractivity contribution < 1.29 is 38.2 Å². The quantitative estimate of drug-likeness (QED) is 0.118. The fourth-order valence-electron chi connectivity index (χ4n) is 3.32. The largest absolute Gasteiger partial charge is 0.453 e. The molecule has 0 atom stereocenters. The molecule has 0 aliphatic rings. The van der Waals surface area contributed by atoms with E-state index >= 15 is 0 Å². The Labute approximate surface area is 242 Å². The normalized spacial score (nSPS) is 10.5. The van der Waals surface area contributed by atoms with Crippen molar-refractivity contribution in [2.45, 2.75) is 78.6 Å². The van der Waals surface area contributed by atoms with Gasteiger partial charge in [0.1, 0.15) is 6.61 Å². The first kappa shape index (κ1) is 37.2. The first-order chi connectivity index (χ1) is 19.4. The number of carbonyl (C=O) groups is 6. The number of methoxy groups -OCH3 is 1. The van der Waals surface area contributed by atoms with Crippen LogP contribution >= 0.6 is 0 Å². The SMILES string of the molecule is COC(=O)NCCCCCCNC(=O)NC(=O)NC(=O)NCCCCCCNC(=O)OCCNC(=O)CC(C)(C)C. The summed E-state index contributed by atoms with van der Waals surface area (Å²) >= 11 is 0. The van der Waals surface area contributed by atoms with E-state index < -0.39 is 30.3 Å². The Balaban J connectivity index is 3.61. The molecular formula is C26H49N7O8. The van der Waals surface area contributed by atoms with Gasteiger partial charge in [-0.3, -0.25) is 15.4 Å². The van der Waals surface area contributed by atoms with E-state index in [-0.39, 0.29) is 24.5 Å². The standard InChI is InChI=1S/C26H49N7O8/c1-26(2,3)19-20(34)27-17-18-41-25(39)31-16-12-8-6-10-14-29-22(36)33-23(37)32-21(35)28-13-9-5-7-11-15-30-24(38)40-4/h5-19H2,1-4H3,(H,27,34)(H,30,38)(H,31,39)(H4,28,29,32,33,35,36,37). The van der Waals surface area contributed by atoms with Gasteiger partial charge in [-0.15, -0.1) is 0 Å². The van der Waals surface area contributed by atoms with Gasteiger partial charge in [0.25, 0.3) is 0 Å². The predicted molar refractivity (Wildman–Crippen MR) is 152 cm³/mol. The molecule has 9 amide bonds. The molecule has 0 aromatic heterocycles. The lowest BCUT2D eigenvalue weighted by Gasteiger charge is -2.17. The van der Waals surface area contributed by atoms with E-state index in [1.54, 1.807) is 0 Å². The highest BCUT2D eigenvalue weighted by molar-refractivity contribution is 6.01. The number of amides is 9. The molecule has 0 bridgehead atoms. The van der Waals surface area contributed by atoms with Crippen LogP contribution in [0.25, 0.3) is 0 Å². The van der Waals surface area contributed by atoms with Crippen molar-refractivity contribution in [3.05, 3.63) is 0 Å². The first-order valence-electron chi connectivity index (χ1n) is 14.1. The minimum atomic E-state index is -0.931. The maximum Gasteiger partial charge on any atom is 0.407 e. The van der Waals surface area contributed by atoms with Crippen molar-refractivity contribution in [1.82, 2.24) is 37.2 Å². The highest BCUT2D eigenvalue weighted by Gasteiger charge is 2.15. The zero-order valence-corrected chi connectivity index (χ0v) is 24.9. The highest BCUT2D eigenvalue weighted by Crippen LogP contribution is 2.17. The topological polar surface area (TPSA) is 205 Å². The third-order valence-corrected chi connectivity index (χ3v) is 5.30. The van der Waals surface area contributed by atoms with E-state index in [0.29, 0.717) is 45.4 Å². The van der Waals surface area contributed by atoms with Gasteiger partial charge in [0.2, 0.25) is 5.91 Å². The highest BCUT2D eigenvalue weighted by atomic mass is 16.5. The second-order valence-corrected chi connectivity index (χ2v) is 10.5. The summed E-state index contributed by atoms with van der Waals surface area (Å²) in [6.07, 6.45) is 5.60. The van der Waals surface area contributed by atoms with Crippen LogP contribution in [0.15, 0.2) is 0 Å². The Morgan fingerprint density at radius 3 is 1.41 bits per heavy atom. The van der Waals surface area contributed by atoms with Gasteiger partial charge in [-0.1, -0.05) is 46.5 Å². The van der Waals surface area contributed by atoms with Crippen molar-refractivity contribution in [2.24, 2.45) is 5.41 Å². The number of urea groups is 3. The summed E-state index contributed by atoms with van der Waals surface area (Å²) in [5.74, 6) is -0.0809. The Bertz CT molecular complexity index is 818. The molecule has 41 heavy (non-hydrogen) atoms. The molecule has 236 valence electrons. The molecule has 7 N–H and O–H groups in total. The van der Waals surface area contributed by atoms with Gasteiger partial charge in [-0.2, -0.15) is 0 Å². The zero-order chi connectivity index (χ0) is 30.9. The van der Waals surface area contributed by atoms with E-state index in [2.05, 4.69) is 31.3 Å². The van der Waals surface area contributed by atoms with E-state index in [4.69, 9.17) is 4.74 Å². The van der Waals surface area contributed by atoms with Crippen LogP contribution in [0, 0.1) is 5.41 Å². The number of imide groups is 2. The summed E-state index contributed by atoms with van der Waals surface area (Å²) in [5.41, 5.74) is -0.100. The minimum Gasteiger partial charge on any atom is -0.453 e. The first-order valence-corrected chi connectivity index (χ1v) is 14.1. The molecule has 0 aromatic carbocycles. The Kier molecular flexibility index (Phi) is 20.9. The number of hydrogen-bond donors (Lipinski definition) is 7. The van der Waals surface area contributed by atoms with Crippen LogP contribution in [0.2, 0.25) is 0 Å². The molecule has 0 spiro atoms. The molecule has 0 saturated carbocycles. The van der Waals surface area contributed by atoms with Gasteiger partial charge in [-0.25, -0.2) is 24.0 Å². The zero-order valence-electron chi connectivity index (χ0n) is 24.9. The molecule has 0 aliphatic heterocycles. The molecule has 0 aliphatic carbocycles. The summed E-state index contributed by atoms with van der Waals surface area (Å²) in [6.45, 7) is 7.94. The lowest BCUT2D eigenvalue weighted by molar-refractivity contribution is -0.122. The van der Waals surface area contributed by atoms with Crippen molar-refractivity contribution in [3.8, 4) is 0 Å². The maximum absolute atomic E-state index is 11.8. The van der Waals surface area contributed by atoms with Crippen molar-refractivity contribution in [1.29, 1.82) is 0 Å². The monoisotopic (exact) mass is 587 g/mol. The smallest absolute Gasteiger partial charge is 0.407 e. The average molecular weight is 588 g/mol. The molecule has 0 unspecified atom stereocenters. The number of rotatable bonds is 18. The molecule has 15 heteroatoms. The summed E-state index contributed by atoms with van der Waals surface area (Å²) in [6, 6.07) is -2.35. The van der Waals surface area contributed by atoms with Crippen molar-refractivity contribution >= 4 is 36.2 Å². The number of ether oxygens (including phenoxy) is 2. The van der Waals surface area contributed by atoms with E-state index in [0.717, 1.165) is 38.5 Å². The van der Waals surface area contributed by atoms with Crippen LogP contribution in [0.5, 0.6) is 0 Å². The molecule has 0 saturated heterocycles. The number of alkyl carbamates (subject to hydrolysis) is 2. The second-order valence-electron chi connectivity index (χ2n) is 10.5. The van der Waals surface area contributed by atoms with Gasteiger partial charge in [0.05, 0.1) is 13.7 Å². The Morgan fingerprint density at radius 2 is 0.976 bits per heavy atom. The van der Waals surface area contributed by atoms with E-state index in [9.17, 15) is 28.8 Å². The van der Waals surface area contributed by atoms with E-state index in [1.165, 1.54) is 7.11 Å². The second kappa shape index (κ2) is 23.0. The number of carbonyl (C=O) groups excluding carboxylic acids is 6. The molecule has 0 radical (unpaired) electrons. The molecule has 0 rings (SSSR count). The summed E-state index contributed by atoms with van der Waals surface area (Å²) in [4.78, 5) is 69.4. The Hall–Kier alpha value is -3.78. The van der Waals surface area contributed by atoms with Crippen LogP contribution in [-0.2, 0) is 14.3 Å². The van der Waals surface area contributed by atoms with Crippen LogP contribution in [0.1, 0.15) is 78.6 Å².